The van der Waals surface area contributed by atoms with E-state index in [2.05, 4.69) is 11.1 Å². The molecule has 1 amide bonds. The van der Waals surface area contributed by atoms with E-state index < -0.39 is 6.04 Å². The van der Waals surface area contributed by atoms with Crippen molar-refractivity contribution < 1.29 is 4.79 Å². The normalized spacial score (nSPS) is 15.4. The van der Waals surface area contributed by atoms with E-state index in [0.29, 0.717) is 12.3 Å². The van der Waals surface area contributed by atoms with Crippen molar-refractivity contribution in [2.24, 2.45) is 11.7 Å². The molecule has 3 N–H and O–H groups in total. The number of halogens is 1. The Bertz CT molecular complexity index is 636. The third-order valence-corrected chi connectivity index (χ3v) is 4.30. The number of aromatic amines is 1. The lowest BCUT2D eigenvalue weighted by Gasteiger charge is -2.24. The Balaban J connectivity index is 0.00000176. The molecule has 0 bridgehead atoms. The Morgan fingerprint density at radius 2 is 2.14 bits per heavy atom. The van der Waals surface area contributed by atoms with Gasteiger partial charge in [-0.25, -0.2) is 0 Å². The molecular weight excluding hydrogens is 298 g/mol. The number of fused-ring (bicyclic) bond motifs is 1. The molecule has 22 heavy (non-hydrogen) atoms. The molecule has 0 aliphatic heterocycles. The van der Waals surface area contributed by atoms with E-state index in [0.717, 1.165) is 29.6 Å². The van der Waals surface area contributed by atoms with Crippen LogP contribution >= 0.6 is 12.4 Å². The zero-order valence-electron chi connectivity index (χ0n) is 12.9. The highest BCUT2D eigenvalue weighted by Crippen LogP contribution is 2.30. The summed E-state index contributed by atoms with van der Waals surface area (Å²) in [5, 5.41) is 1.16. The van der Waals surface area contributed by atoms with Crippen molar-refractivity contribution >= 4 is 29.2 Å². The van der Waals surface area contributed by atoms with E-state index in [1.807, 2.05) is 36.2 Å². The number of nitrogens with one attached hydrogen (secondary N) is 1. The number of carbonyl (C=O) groups is 1. The average Bonchev–Trinajstić information content (AvgIpc) is 3.24. The molecule has 3 rings (SSSR count). The molecule has 5 heteroatoms. The van der Waals surface area contributed by atoms with E-state index >= 15 is 0 Å². The summed E-state index contributed by atoms with van der Waals surface area (Å²) in [6, 6.07) is 7.67. The van der Waals surface area contributed by atoms with E-state index in [9.17, 15) is 4.79 Å². The minimum atomic E-state index is -0.456. The fourth-order valence-electron chi connectivity index (χ4n) is 2.85. The highest BCUT2D eigenvalue weighted by Gasteiger charge is 2.28. The number of aromatic nitrogens is 1. The monoisotopic (exact) mass is 321 g/mol. The molecule has 120 valence electrons. The number of hydrogen-bond donors (Lipinski definition) is 2. The minimum Gasteiger partial charge on any atom is -0.361 e. The topological polar surface area (TPSA) is 62.1 Å². The van der Waals surface area contributed by atoms with E-state index in [1.165, 1.54) is 12.8 Å². The van der Waals surface area contributed by atoms with E-state index in [4.69, 9.17) is 5.73 Å². The zero-order chi connectivity index (χ0) is 14.8. The fourth-order valence-corrected chi connectivity index (χ4v) is 2.85. The Hall–Kier alpha value is -1.52. The summed E-state index contributed by atoms with van der Waals surface area (Å²) < 4.78 is 0. The maximum atomic E-state index is 12.5. The standard InChI is InChI=1S/C17H23N3O.ClH/c1-2-20(11-12-7-8-12)17(21)15(18)9-13-10-19-16-6-4-3-5-14(13)16;/h3-6,10,12,15,19H,2,7-9,11,18H2,1H3;1H/t15-;/m0./s1. The first-order chi connectivity index (χ1) is 10.2. The van der Waals surface area contributed by atoms with Gasteiger partial charge in [-0.15, -0.1) is 12.4 Å². The van der Waals surface area contributed by atoms with E-state index in [-0.39, 0.29) is 18.3 Å². The van der Waals surface area contributed by atoms with Gasteiger partial charge in [0.15, 0.2) is 0 Å². The second-order valence-electron chi connectivity index (χ2n) is 5.99. The van der Waals surface area contributed by atoms with Crippen LogP contribution in [0.1, 0.15) is 25.3 Å². The summed E-state index contributed by atoms with van der Waals surface area (Å²) in [6.45, 7) is 3.65. The van der Waals surface area contributed by atoms with Gasteiger partial charge in [0.1, 0.15) is 0 Å². The predicted octanol–water partition coefficient (Wildman–Crippen LogP) is 2.72. The maximum Gasteiger partial charge on any atom is 0.239 e. The molecule has 2 aromatic rings. The van der Waals surface area contributed by atoms with Gasteiger partial charge in [-0.1, -0.05) is 18.2 Å². The lowest BCUT2D eigenvalue weighted by atomic mass is 10.0. The molecule has 0 spiro atoms. The van der Waals surface area contributed by atoms with Crippen molar-refractivity contribution in [1.29, 1.82) is 0 Å². The molecule has 0 saturated heterocycles. The van der Waals surface area contributed by atoms with Crippen LogP contribution in [0.15, 0.2) is 30.5 Å². The van der Waals surface area contributed by atoms with Crippen molar-refractivity contribution in [3.63, 3.8) is 0 Å². The first-order valence-electron chi connectivity index (χ1n) is 7.78. The minimum absolute atomic E-state index is 0. The number of H-pyrrole nitrogens is 1. The third kappa shape index (κ3) is 3.62. The summed E-state index contributed by atoms with van der Waals surface area (Å²) in [5.74, 6) is 0.781. The van der Waals surface area contributed by atoms with Crippen molar-refractivity contribution in [1.82, 2.24) is 9.88 Å². The second kappa shape index (κ2) is 7.16. The molecule has 0 radical (unpaired) electrons. The quantitative estimate of drug-likeness (QED) is 0.859. The van der Waals surface area contributed by atoms with Crippen molar-refractivity contribution in [2.75, 3.05) is 13.1 Å². The number of benzene rings is 1. The number of likely N-dealkylation sites (N-methyl/N-ethyl adjacent to an activating group) is 1. The molecule has 1 atom stereocenters. The lowest BCUT2D eigenvalue weighted by Crippen LogP contribution is -2.45. The van der Waals surface area contributed by atoms with Gasteiger partial charge in [-0.2, -0.15) is 0 Å². The first kappa shape index (κ1) is 16.8. The molecule has 1 fully saturated rings. The Morgan fingerprint density at radius 1 is 1.41 bits per heavy atom. The Morgan fingerprint density at radius 3 is 2.82 bits per heavy atom. The van der Waals surface area contributed by atoms with Crippen LogP contribution in [0.2, 0.25) is 0 Å². The zero-order valence-corrected chi connectivity index (χ0v) is 13.7. The highest BCUT2D eigenvalue weighted by atomic mass is 35.5. The number of nitrogens with two attached hydrogens (primary N) is 1. The van der Waals surface area contributed by atoms with Crippen LogP contribution < -0.4 is 5.73 Å². The average molecular weight is 322 g/mol. The largest absolute Gasteiger partial charge is 0.361 e. The maximum absolute atomic E-state index is 12.5. The van der Waals surface area contributed by atoms with Gasteiger partial charge in [-0.05, 0) is 43.7 Å². The van der Waals surface area contributed by atoms with Gasteiger partial charge in [0.25, 0.3) is 0 Å². The number of para-hydroxylation sites is 1. The van der Waals surface area contributed by atoms with E-state index in [1.54, 1.807) is 0 Å². The van der Waals surface area contributed by atoms with Gasteiger partial charge >= 0.3 is 0 Å². The molecular formula is C17H24ClN3O. The van der Waals surface area contributed by atoms with Crippen LogP contribution in [0.3, 0.4) is 0 Å². The lowest BCUT2D eigenvalue weighted by molar-refractivity contribution is -0.132. The van der Waals surface area contributed by atoms with Crippen LogP contribution in [0.25, 0.3) is 10.9 Å². The van der Waals surface area contributed by atoms with Gasteiger partial charge < -0.3 is 15.6 Å². The van der Waals surface area contributed by atoms with Crippen molar-refractivity contribution in [3.05, 3.63) is 36.0 Å². The van der Waals surface area contributed by atoms with Crippen molar-refractivity contribution in [3.8, 4) is 0 Å². The molecule has 1 heterocycles. The number of carbonyl (C=O) groups excluding carboxylic acids is 1. The number of rotatable bonds is 6. The second-order valence-corrected chi connectivity index (χ2v) is 5.99. The highest BCUT2D eigenvalue weighted by molar-refractivity contribution is 5.86. The number of hydrogen-bond acceptors (Lipinski definition) is 2. The molecule has 1 aliphatic carbocycles. The fraction of sp³-hybridized carbons (Fsp3) is 0.471. The van der Waals surface area contributed by atoms with Crippen LogP contribution in [0.4, 0.5) is 0 Å². The summed E-state index contributed by atoms with van der Waals surface area (Å²) in [5.41, 5.74) is 8.38. The van der Waals surface area contributed by atoms with Crippen molar-refractivity contribution in [2.45, 2.75) is 32.2 Å². The number of nitrogens with zero attached hydrogens (tertiary/aromatic N) is 1. The van der Waals surface area contributed by atoms with Gasteiger partial charge in [0.2, 0.25) is 5.91 Å². The molecule has 1 aromatic carbocycles. The van der Waals surface area contributed by atoms with Crippen LogP contribution in [0, 0.1) is 5.92 Å². The smallest absolute Gasteiger partial charge is 0.239 e. The predicted molar refractivity (Wildman–Crippen MR) is 92.2 cm³/mol. The summed E-state index contributed by atoms with van der Waals surface area (Å²) >= 11 is 0. The Kier molecular flexibility index (Phi) is 5.48. The molecule has 1 aliphatic rings. The van der Waals surface area contributed by atoms with Crippen LogP contribution in [-0.4, -0.2) is 34.9 Å². The van der Waals surface area contributed by atoms with Gasteiger partial charge in [0.05, 0.1) is 6.04 Å². The molecule has 1 aromatic heterocycles. The summed E-state index contributed by atoms with van der Waals surface area (Å²) in [7, 11) is 0. The van der Waals surface area contributed by atoms with Gasteiger partial charge in [-0.3, -0.25) is 4.79 Å². The first-order valence-corrected chi connectivity index (χ1v) is 7.78. The molecule has 0 unspecified atom stereocenters. The number of amides is 1. The third-order valence-electron chi connectivity index (χ3n) is 4.30. The summed E-state index contributed by atoms with van der Waals surface area (Å²) in [6.07, 6.45) is 5.06. The van der Waals surface area contributed by atoms with Crippen LogP contribution in [-0.2, 0) is 11.2 Å². The SMILES string of the molecule is CCN(CC1CC1)C(=O)[C@@H](N)Cc1c[nH]c2ccccc12.Cl. The van der Waals surface area contributed by atoms with Crippen LogP contribution in [0.5, 0.6) is 0 Å². The molecule has 4 nitrogen and oxygen atoms in total. The Labute approximate surface area is 137 Å². The molecule has 1 saturated carbocycles. The van der Waals surface area contributed by atoms with Gasteiger partial charge in [0, 0.05) is 30.2 Å². The summed E-state index contributed by atoms with van der Waals surface area (Å²) in [4.78, 5) is 17.6.